The van der Waals surface area contributed by atoms with Crippen LogP contribution in [0, 0.1) is 0 Å². The highest BCUT2D eigenvalue weighted by atomic mass is 32.3. The maximum atomic E-state index is 12.2. The largest absolute Gasteiger partial charge is 0.508 e. The SMILES string of the molecule is NS(=O)(=O)c1cc2c(s1)S(=O)(=O)CCC2c1ccc(O)cc1. The molecule has 118 valence electrons. The van der Waals surface area contributed by atoms with Gasteiger partial charge in [0.05, 0.1) is 5.75 Å². The fourth-order valence-corrected chi connectivity index (χ4v) is 6.74. The molecule has 1 aliphatic heterocycles. The molecule has 9 heteroatoms. The summed E-state index contributed by atoms with van der Waals surface area (Å²) < 4.78 is 47.3. The number of hydrogen-bond acceptors (Lipinski definition) is 6. The molecule has 1 atom stereocenters. The van der Waals surface area contributed by atoms with Crippen LogP contribution in [0.2, 0.25) is 0 Å². The van der Waals surface area contributed by atoms with Crippen LogP contribution in [0.1, 0.15) is 23.5 Å². The maximum Gasteiger partial charge on any atom is 0.247 e. The minimum absolute atomic E-state index is 0.0455. The Hall–Kier alpha value is -1.42. The first-order chi connectivity index (χ1) is 10.2. The van der Waals surface area contributed by atoms with Crippen molar-refractivity contribution in [2.75, 3.05) is 5.75 Å². The zero-order chi connectivity index (χ0) is 16.1. The second-order valence-electron chi connectivity index (χ2n) is 5.10. The lowest BCUT2D eigenvalue weighted by atomic mass is 9.90. The average Bonchev–Trinajstić information content (AvgIpc) is 2.87. The van der Waals surface area contributed by atoms with Gasteiger partial charge in [0, 0.05) is 5.92 Å². The van der Waals surface area contributed by atoms with Crippen LogP contribution in [0.4, 0.5) is 0 Å². The number of thiophene rings is 1. The van der Waals surface area contributed by atoms with E-state index >= 15 is 0 Å². The number of phenolic OH excluding ortho intramolecular Hbond substituents is 1. The van der Waals surface area contributed by atoms with Gasteiger partial charge in [0.1, 0.15) is 14.2 Å². The molecule has 3 rings (SSSR count). The third kappa shape index (κ3) is 2.65. The van der Waals surface area contributed by atoms with Crippen molar-refractivity contribution >= 4 is 31.2 Å². The first kappa shape index (κ1) is 15.5. The predicted molar refractivity (Wildman–Crippen MR) is 82.3 cm³/mol. The molecule has 22 heavy (non-hydrogen) atoms. The van der Waals surface area contributed by atoms with Crippen LogP contribution in [0.3, 0.4) is 0 Å². The van der Waals surface area contributed by atoms with Crippen molar-refractivity contribution in [3.8, 4) is 5.75 Å². The van der Waals surface area contributed by atoms with Gasteiger partial charge < -0.3 is 5.11 Å². The lowest BCUT2D eigenvalue weighted by molar-refractivity contribution is 0.475. The van der Waals surface area contributed by atoms with E-state index in [0.29, 0.717) is 23.3 Å². The molecule has 1 aromatic heterocycles. The summed E-state index contributed by atoms with van der Waals surface area (Å²) in [5.74, 6) is -0.162. The van der Waals surface area contributed by atoms with Gasteiger partial charge in [0.15, 0.2) is 9.84 Å². The van der Waals surface area contributed by atoms with Gasteiger partial charge >= 0.3 is 0 Å². The van der Waals surface area contributed by atoms with Gasteiger partial charge in [-0.05, 0) is 35.7 Å². The Morgan fingerprint density at radius 1 is 1.23 bits per heavy atom. The van der Waals surface area contributed by atoms with E-state index in [4.69, 9.17) is 5.14 Å². The Labute approximate surface area is 132 Å². The normalized spacial score (nSPS) is 20.5. The molecule has 3 N–H and O–H groups in total. The van der Waals surface area contributed by atoms with E-state index in [0.717, 1.165) is 5.56 Å². The fraction of sp³-hybridized carbons (Fsp3) is 0.231. The van der Waals surface area contributed by atoms with Gasteiger partial charge in [0.2, 0.25) is 10.0 Å². The first-order valence-electron chi connectivity index (χ1n) is 6.37. The van der Waals surface area contributed by atoms with Crippen molar-refractivity contribution in [3.63, 3.8) is 0 Å². The van der Waals surface area contributed by atoms with E-state index in [1.165, 1.54) is 18.2 Å². The molecular formula is C13H13NO5S3. The molecule has 0 bridgehead atoms. The average molecular weight is 359 g/mol. The van der Waals surface area contributed by atoms with Gasteiger partial charge in [-0.15, -0.1) is 11.3 Å². The minimum atomic E-state index is -3.95. The van der Waals surface area contributed by atoms with Crippen molar-refractivity contribution < 1.29 is 21.9 Å². The number of sulfonamides is 1. The topological polar surface area (TPSA) is 115 Å². The number of primary sulfonamides is 1. The van der Waals surface area contributed by atoms with Crippen LogP contribution < -0.4 is 5.14 Å². The molecule has 0 aliphatic carbocycles. The second-order valence-corrected chi connectivity index (χ2v) is 10.2. The summed E-state index contributed by atoms with van der Waals surface area (Å²) in [6, 6.07) is 7.80. The van der Waals surface area contributed by atoms with E-state index in [-0.39, 0.29) is 25.8 Å². The van der Waals surface area contributed by atoms with Crippen molar-refractivity contribution in [1.82, 2.24) is 0 Å². The first-order valence-corrected chi connectivity index (χ1v) is 10.4. The summed E-state index contributed by atoms with van der Waals surface area (Å²) >= 11 is 0.700. The van der Waals surface area contributed by atoms with E-state index < -0.39 is 19.9 Å². The van der Waals surface area contributed by atoms with E-state index in [1.54, 1.807) is 12.1 Å². The number of rotatable bonds is 2. The molecule has 0 amide bonds. The Morgan fingerprint density at radius 3 is 2.45 bits per heavy atom. The molecule has 0 spiro atoms. The Morgan fingerprint density at radius 2 is 1.86 bits per heavy atom. The van der Waals surface area contributed by atoms with Crippen LogP contribution in [0.5, 0.6) is 5.75 Å². The Balaban J connectivity index is 2.19. The Bertz CT molecular complexity index is 927. The van der Waals surface area contributed by atoms with Crippen molar-refractivity contribution in [2.45, 2.75) is 20.8 Å². The van der Waals surface area contributed by atoms with Crippen LogP contribution in [-0.4, -0.2) is 27.7 Å². The molecule has 6 nitrogen and oxygen atoms in total. The monoisotopic (exact) mass is 359 g/mol. The molecule has 1 aliphatic rings. The summed E-state index contributed by atoms with van der Waals surface area (Å²) in [5.41, 5.74) is 1.29. The molecule has 0 fully saturated rings. The van der Waals surface area contributed by atoms with E-state index in [2.05, 4.69) is 0 Å². The van der Waals surface area contributed by atoms with Crippen LogP contribution in [-0.2, 0) is 19.9 Å². The van der Waals surface area contributed by atoms with Gasteiger partial charge in [-0.3, -0.25) is 0 Å². The fourth-order valence-electron chi connectivity index (χ4n) is 2.57. The van der Waals surface area contributed by atoms with Crippen LogP contribution in [0.25, 0.3) is 0 Å². The van der Waals surface area contributed by atoms with E-state index in [1.807, 2.05) is 0 Å². The summed E-state index contributed by atoms with van der Waals surface area (Å²) in [5, 5.41) is 14.5. The lowest BCUT2D eigenvalue weighted by Crippen LogP contribution is -2.18. The third-order valence-corrected chi connectivity index (χ3v) is 8.56. The van der Waals surface area contributed by atoms with Crippen molar-refractivity contribution in [2.24, 2.45) is 5.14 Å². The number of phenols is 1. The van der Waals surface area contributed by atoms with Crippen molar-refractivity contribution in [1.29, 1.82) is 0 Å². The summed E-state index contributed by atoms with van der Waals surface area (Å²) in [6.45, 7) is 0. The molecular weight excluding hydrogens is 346 g/mol. The highest BCUT2D eigenvalue weighted by molar-refractivity contribution is 7.95. The summed E-state index contributed by atoms with van der Waals surface area (Å²) in [4.78, 5) is 0. The standard InChI is InChI=1S/C13H13NO5S3/c14-22(18,19)12-7-11-10(8-1-3-9(15)4-2-8)5-6-21(16,17)13(11)20-12/h1-4,7,10,15H,5-6H2,(H2,14,18,19). The minimum Gasteiger partial charge on any atom is -0.508 e. The van der Waals surface area contributed by atoms with Gasteiger partial charge in [-0.1, -0.05) is 12.1 Å². The smallest absolute Gasteiger partial charge is 0.247 e. The maximum absolute atomic E-state index is 12.2. The second kappa shape index (κ2) is 5.05. The predicted octanol–water partition coefficient (Wildman–Crippen LogP) is 1.41. The zero-order valence-corrected chi connectivity index (χ0v) is 13.7. The molecule has 1 aromatic carbocycles. The van der Waals surface area contributed by atoms with E-state index in [9.17, 15) is 21.9 Å². The molecule has 0 radical (unpaired) electrons. The van der Waals surface area contributed by atoms with Gasteiger partial charge in [-0.2, -0.15) is 0 Å². The van der Waals surface area contributed by atoms with Crippen LogP contribution >= 0.6 is 11.3 Å². The molecule has 0 saturated carbocycles. The highest BCUT2D eigenvalue weighted by Crippen LogP contribution is 2.43. The Kier molecular flexibility index (Phi) is 3.55. The summed E-state index contributed by atoms with van der Waals surface area (Å²) in [7, 11) is -7.43. The molecule has 1 unspecified atom stereocenters. The zero-order valence-electron chi connectivity index (χ0n) is 11.3. The lowest BCUT2D eigenvalue weighted by Gasteiger charge is -2.22. The molecule has 2 heterocycles. The van der Waals surface area contributed by atoms with Crippen molar-refractivity contribution in [3.05, 3.63) is 41.5 Å². The number of aromatic hydroxyl groups is 1. The molecule has 0 saturated heterocycles. The number of fused-ring (bicyclic) bond motifs is 1. The number of benzene rings is 1. The highest BCUT2D eigenvalue weighted by Gasteiger charge is 2.35. The summed E-state index contributed by atoms with van der Waals surface area (Å²) in [6.07, 6.45) is 0.362. The number of sulfone groups is 1. The van der Waals surface area contributed by atoms with Gasteiger partial charge in [-0.25, -0.2) is 22.0 Å². The quantitative estimate of drug-likeness (QED) is 0.841. The number of hydrogen-bond donors (Lipinski definition) is 2. The van der Waals surface area contributed by atoms with Crippen LogP contribution in [0.15, 0.2) is 38.8 Å². The molecule has 2 aromatic rings. The third-order valence-electron chi connectivity index (χ3n) is 3.61. The van der Waals surface area contributed by atoms with Gasteiger partial charge in [0.25, 0.3) is 0 Å². The number of nitrogens with two attached hydrogens (primary N) is 1.